The topological polar surface area (TPSA) is 40.5 Å². The van der Waals surface area contributed by atoms with Gasteiger partial charge in [-0.15, -0.1) is 0 Å². The summed E-state index contributed by atoms with van der Waals surface area (Å²) in [6, 6.07) is 17.2. The number of hydrogen-bond acceptors (Lipinski definition) is 1. The van der Waals surface area contributed by atoms with Gasteiger partial charge in [-0.05, 0) is 36.6 Å². The minimum Gasteiger partial charge on any atom is -0.464 e. The van der Waals surface area contributed by atoms with Crippen molar-refractivity contribution in [3.05, 3.63) is 60.2 Å². The largest absolute Gasteiger partial charge is 0.464 e. The van der Waals surface area contributed by atoms with E-state index in [0.29, 0.717) is 5.69 Å². The van der Waals surface area contributed by atoms with Crippen LogP contribution in [-0.4, -0.2) is 11.2 Å². The zero-order valence-electron chi connectivity index (χ0n) is 17.3. The van der Waals surface area contributed by atoms with Crippen LogP contribution in [-0.2, 0) is 6.42 Å². The Labute approximate surface area is 170 Å². The fourth-order valence-corrected chi connectivity index (χ4v) is 3.67. The Hall–Kier alpha value is -2.29. The van der Waals surface area contributed by atoms with E-state index in [1.807, 2.05) is 48.5 Å². The molecule has 3 heteroatoms. The Kier molecular flexibility index (Phi) is 10.2. The first-order valence-corrected chi connectivity index (χ1v) is 10.9. The van der Waals surface area contributed by atoms with Gasteiger partial charge < -0.3 is 5.11 Å². The maximum atomic E-state index is 11.9. The van der Waals surface area contributed by atoms with Gasteiger partial charge in [0.25, 0.3) is 0 Å². The van der Waals surface area contributed by atoms with Crippen molar-refractivity contribution < 1.29 is 9.90 Å². The number of para-hydroxylation sites is 2. The van der Waals surface area contributed by atoms with Crippen LogP contribution in [0.5, 0.6) is 0 Å². The van der Waals surface area contributed by atoms with Crippen molar-refractivity contribution in [3.8, 4) is 0 Å². The van der Waals surface area contributed by atoms with Crippen LogP contribution in [0.25, 0.3) is 0 Å². The molecule has 0 aliphatic heterocycles. The summed E-state index contributed by atoms with van der Waals surface area (Å²) >= 11 is 0. The van der Waals surface area contributed by atoms with Gasteiger partial charge in [-0.25, -0.2) is 9.69 Å². The number of anilines is 2. The molecule has 0 saturated carbocycles. The summed E-state index contributed by atoms with van der Waals surface area (Å²) in [7, 11) is 0. The Balaban J connectivity index is 1.83. The fourth-order valence-electron chi connectivity index (χ4n) is 3.67. The van der Waals surface area contributed by atoms with E-state index < -0.39 is 6.09 Å². The van der Waals surface area contributed by atoms with Crippen LogP contribution in [0.4, 0.5) is 16.2 Å². The third-order valence-electron chi connectivity index (χ3n) is 5.24. The van der Waals surface area contributed by atoms with Crippen molar-refractivity contribution in [1.29, 1.82) is 0 Å². The van der Waals surface area contributed by atoms with Crippen LogP contribution in [0.3, 0.4) is 0 Å². The molecule has 0 saturated heterocycles. The summed E-state index contributed by atoms with van der Waals surface area (Å²) in [5.74, 6) is 0. The molecular weight excluding hydrogens is 346 g/mol. The number of hydrogen-bond donors (Lipinski definition) is 1. The maximum Gasteiger partial charge on any atom is 0.416 e. The number of nitrogens with zero attached hydrogens (tertiary/aromatic N) is 1. The highest BCUT2D eigenvalue weighted by molar-refractivity contribution is 5.95. The Morgan fingerprint density at radius 1 is 0.750 bits per heavy atom. The summed E-state index contributed by atoms with van der Waals surface area (Å²) in [6.07, 6.45) is 13.0. The van der Waals surface area contributed by atoms with Gasteiger partial charge in [-0.3, -0.25) is 0 Å². The molecule has 2 aromatic rings. The molecule has 0 aliphatic carbocycles. The SMILES string of the molecule is CCCCCCCCCCCCc1ccccc1N(C(=O)O)c1ccccc1. The molecule has 1 amide bonds. The van der Waals surface area contributed by atoms with E-state index in [1.165, 1.54) is 62.7 Å². The first-order chi connectivity index (χ1) is 13.7. The fraction of sp³-hybridized carbons (Fsp3) is 0.480. The number of unbranched alkanes of at least 4 members (excludes halogenated alkanes) is 9. The highest BCUT2D eigenvalue weighted by Crippen LogP contribution is 2.29. The summed E-state index contributed by atoms with van der Waals surface area (Å²) in [6.45, 7) is 2.26. The third kappa shape index (κ3) is 7.38. The number of carboxylic acid groups (broad SMARTS) is 1. The molecule has 28 heavy (non-hydrogen) atoms. The summed E-state index contributed by atoms with van der Waals surface area (Å²) in [4.78, 5) is 13.3. The normalized spacial score (nSPS) is 10.8. The lowest BCUT2D eigenvalue weighted by molar-refractivity contribution is 0.204. The molecular formula is C25H35NO2. The summed E-state index contributed by atoms with van der Waals surface area (Å²) < 4.78 is 0. The van der Waals surface area contributed by atoms with Crippen LogP contribution in [0, 0.1) is 0 Å². The molecule has 1 N–H and O–H groups in total. The lowest BCUT2D eigenvalue weighted by Gasteiger charge is -2.22. The first-order valence-electron chi connectivity index (χ1n) is 10.9. The molecule has 2 aromatic carbocycles. The molecule has 0 radical (unpaired) electrons. The van der Waals surface area contributed by atoms with E-state index in [1.54, 1.807) is 0 Å². The summed E-state index contributed by atoms with van der Waals surface area (Å²) in [5, 5.41) is 9.78. The lowest BCUT2D eigenvalue weighted by Crippen LogP contribution is -2.24. The van der Waals surface area contributed by atoms with E-state index in [-0.39, 0.29) is 0 Å². The zero-order chi connectivity index (χ0) is 20.0. The number of benzene rings is 2. The van der Waals surface area contributed by atoms with Crippen LogP contribution >= 0.6 is 0 Å². The van der Waals surface area contributed by atoms with Crippen LogP contribution in [0.15, 0.2) is 54.6 Å². The molecule has 0 aromatic heterocycles. The van der Waals surface area contributed by atoms with Crippen LogP contribution in [0.2, 0.25) is 0 Å². The molecule has 2 rings (SSSR count). The van der Waals surface area contributed by atoms with E-state index in [9.17, 15) is 9.90 Å². The van der Waals surface area contributed by atoms with Gasteiger partial charge in [-0.2, -0.15) is 0 Å². The maximum absolute atomic E-state index is 11.9. The van der Waals surface area contributed by atoms with Crippen molar-refractivity contribution in [1.82, 2.24) is 0 Å². The Morgan fingerprint density at radius 3 is 1.89 bits per heavy atom. The van der Waals surface area contributed by atoms with Crippen LogP contribution in [0.1, 0.15) is 76.7 Å². The van der Waals surface area contributed by atoms with Gasteiger partial charge >= 0.3 is 6.09 Å². The first kappa shape index (κ1) is 22.0. The molecule has 0 spiro atoms. The molecule has 0 fully saturated rings. The quantitative estimate of drug-likeness (QED) is 0.357. The van der Waals surface area contributed by atoms with Gasteiger partial charge in [0, 0.05) is 0 Å². The highest BCUT2D eigenvalue weighted by atomic mass is 16.4. The number of carbonyl (C=O) groups is 1. The minimum absolute atomic E-state index is 0.686. The van der Waals surface area contributed by atoms with Gasteiger partial charge in [0.15, 0.2) is 0 Å². The number of rotatable bonds is 13. The molecule has 0 bridgehead atoms. The van der Waals surface area contributed by atoms with Gasteiger partial charge in [0.2, 0.25) is 0 Å². The minimum atomic E-state index is -0.943. The molecule has 3 nitrogen and oxygen atoms in total. The Morgan fingerprint density at radius 2 is 1.29 bits per heavy atom. The monoisotopic (exact) mass is 381 g/mol. The molecule has 0 atom stereocenters. The van der Waals surface area contributed by atoms with E-state index in [0.717, 1.165) is 24.1 Å². The average molecular weight is 382 g/mol. The highest BCUT2D eigenvalue weighted by Gasteiger charge is 2.19. The lowest BCUT2D eigenvalue weighted by atomic mass is 10.0. The molecule has 0 aliphatic rings. The van der Waals surface area contributed by atoms with Gasteiger partial charge in [0.1, 0.15) is 0 Å². The predicted octanol–water partition coefficient (Wildman–Crippen LogP) is 7.97. The van der Waals surface area contributed by atoms with Crippen LogP contribution < -0.4 is 4.90 Å². The van der Waals surface area contributed by atoms with Crippen molar-refractivity contribution in [3.63, 3.8) is 0 Å². The average Bonchev–Trinajstić information content (AvgIpc) is 2.71. The number of aryl methyl sites for hydroxylation is 1. The third-order valence-corrected chi connectivity index (χ3v) is 5.24. The van der Waals surface area contributed by atoms with E-state index in [4.69, 9.17) is 0 Å². The summed E-state index contributed by atoms with van der Waals surface area (Å²) in [5.41, 5.74) is 2.57. The molecule has 0 heterocycles. The van der Waals surface area contributed by atoms with Gasteiger partial charge in [-0.1, -0.05) is 101 Å². The smallest absolute Gasteiger partial charge is 0.416 e. The van der Waals surface area contributed by atoms with Crippen molar-refractivity contribution in [2.45, 2.75) is 77.6 Å². The Bertz CT molecular complexity index is 684. The standard InChI is InChI=1S/C25H35NO2/c1-2-3-4-5-6-7-8-9-10-12-17-22-18-15-16-21-24(22)26(25(27)28)23-19-13-11-14-20-23/h11,13-16,18-21H,2-10,12,17H2,1H3,(H,27,28). The van der Waals surface area contributed by atoms with E-state index in [2.05, 4.69) is 13.0 Å². The van der Waals surface area contributed by atoms with E-state index >= 15 is 0 Å². The number of amides is 1. The van der Waals surface area contributed by atoms with Crippen molar-refractivity contribution in [2.75, 3.05) is 4.90 Å². The second kappa shape index (κ2) is 13.0. The molecule has 152 valence electrons. The zero-order valence-corrected chi connectivity index (χ0v) is 17.3. The second-order valence-electron chi connectivity index (χ2n) is 7.51. The molecule has 0 unspecified atom stereocenters. The van der Waals surface area contributed by atoms with Crippen molar-refractivity contribution in [2.24, 2.45) is 0 Å². The van der Waals surface area contributed by atoms with Crippen molar-refractivity contribution >= 4 is 17.5 Å². The second-order valence-corrected chi connectivity index (χ2v) is 7.51. The van der Waals surface area contributed by atoms with Gasteiger partial charge in [0.05, 0.1) is 11.4 Å². The predicted molar refractivity (Wildman–Crippen MR) is 119 cm³/mol.